The molecular weight excluding hydrogens is 385 g/mol. The molecule has 0 aromatic carbocycles. The lowest BCUT2D eigenvalue weighted by Crippen LogP contribution is -2.36. The van der Waals surface area contributed by atoms with Gasteiger partial charge in [-0.1, -0.05) is 0 Å². The van der Waals surface area contributed by atoms with Gasteiger partial charge in [0.15, 0.2) is 5.82 Å². The zero-order valence-electron chi connectivity index (χ0n) is 17.1. The van der Waals surface area contributed by atoms with Crippen LogP contribution in [0.1, 0.15) is 37.3 Å². The van der Waals surface area contributed by atoms with Crippen molar-refractivity contribution in [2.75, 3.05) is 31.2 Å². The van der Waals surface area contributed by atoms with Gasteiger partial charge >= 0.3 is 0 Å². The Morgan fingerprint density at radius 1 is 1.10 bits per heavy atom. The highest BCUT2D eigenvalue weighted by Gasteiger charge is 2.26. The third-order valence-corrected chi connectivity index (χ3v) is 5.97. The first-order valence-electron chi connectivity index (χ1n) is 10.6. The molecule has 2 fully saturated rings. The van der Waals surface area contributed by atoms with Gasteiger partial charge in [-0.3, -0.25) is 9.67 Å². The number of rotatable bonds is 4. The van der Waals surface area contributed by atoms with Gasteiger partial charge in [-0.25, -0.2) is 4.39 Å². The lowest BCUT2D eigenvalue weighted by molar-refractivity contribution is 0.120. The Morgan fingerprint density at radius 3 is 2.63 bits per heavy atom. The Balaban J connectivity index is 1.37. The quantitative estimate of drug-likeness (QED) is 0.653. The molecule has 0 atom stereocenters. The van der Waals surface area contributed by atoms with Crippen LogP contribution in [-0.2, 0) is 4.74 Å². The number of ether oxygens (including phenoxy) is 2. The zero-order chi connectivity index (χ0) is 20.5. The number of aryl methyl sites for hydroxylation is 1. The van der Waals surface area contributed by atoms with Gasteiger partial charge in [0.05, 0.1) is 42.6 Å². The molecule has 1 saturated heterocycles. The number of pyridine rings is 2. The second kappa shape index (κ2) is 8.18. The summed E-state index contributed by atoms with van der Waals surface area (Å²) in [5, 5.41) is 5.07. The van der Waals surface area contributed by atoms with Crippen molar-refractivity contribution in [1.82, 2.24) is 19.7 Å². The van der Waals surface area contributed by atoms with E-state index in [1.165, 1.54) is 12.4 Å². The van der Waals surface area contributed by atoms with Crippen LogP contribution in [0, 0.1) is 12.7 Å². The van der Waals surface area contributed by atoms with Crippen LogP contribution >= 0.6 is 0 Å². The molecule has 158 valence electrons. The first-order valence-corrected chi connectivity index (χ1v) is 10.6. The monoisotopic (exact) mass is 411 g/mol. The van der Waals surface area contributed by atoms with Gasteiger partial charge in [0.2, 0.25) is 5.88 Å². The second-order valence-electron chi connectivity index (χ2n) is 8.15. The van der Waals surface area contributed by atoms with Gasteiger partial charge in [-0.2, -0.15) is 10.1 Å². The van der Waals surface area contributed by atoms with Crippen molar-refractivity contribution < 1.29 is 13.9 Å². The minimum Gasteiger partial charge on any atom is -0.474 e. The van der Waals surface area contributed by atoms with Gasteiger partial charge < -0.3 is 14.4 Å². The van der Waals surface area contributed by atoms with Crippen LogP contribution in [0.15, 0.2) is 30.7 Å². The molecule has 4 heterocycles. The molecule has 0 N–H and O–H groups in total. The molecule has 1 saturated carbocycles. The van der Waals surface area contributed by atoms with Crippen LogP contribution in [0.5, 0.6) is 5.88 Å². The second-order valence-corrected chi connectivity index (χ2v) is 8.15. The highest BCUT2D eigenvalue weighted by Crippen LogP contribution is 2.34. The Kier molecular flexibility index (Phi) is 5.25. The summed E-state index contributed by atoms with van der Waals surface area (Å²) in [6, 6.07) is 4.35. The highest BCUT2D eigenvalue weighted by atomic mass is 19.1. The minimum atomic E-state index is -0.285. The molecule has 7 nitrogen and oxygen atoms in total. The maximum atomic E-state index is 13.3. The number of hydrogen-bond donors (Lipinski definition) is 0. The van der Waals surface area contributed by atoms with Crippen molar-refractivity contribution in [3.63, 3.8) is 0 Å². The number of halogens is 1. The number of anilines is 1. The van der Waals surface area contributed by atoms with E-state index in [2.05, 4.69) is 21.0 Å². The number of fused-ring (bicyclic) bond motifs is 1. The predicted molar refractivity (Wildman–Crippen MR) is 111 cm³/mol. The van der Waals surface area contributed by atoms with Gasteiger partial charge in [0.25, 0.3) is 0 Å². The first kappa shape index (κ1) is 19.2. The first-order chi connectivity index (χ1) is 14.7. The van der Waals surface area contributed by atoms with E-state index in [-0.39, 0.29) is 18.0 Å². The largest absolute Gasteiger partial charge is 0.474 e. The number of morpholine rings is 1. The zero-order valence-corrected chi connectivity index (χ0v) is 17.1. The molecule has 5 rings (SSSR count). The topological polar surface area (TPSA) is 65.3 Å². The van der Waals surface area contributed by atoms with Gasteiger partial charge in [-0.05, 0) is 44.2 Å². The van der Waals surface area contributed by atoms with E-state index < -0.39 is 0 Å². The Labute approximate surface area is 174 Å². The van der Waals surface area contributed by atoms with Crippen LogP contribution in [0.3, 0.4) is 0 Å². The number of hydrogen-bond acceptors (Lipinski definition) is 6. The summed E-state index contributed by atoms with van der Waals surface area (Å²) in [6.07, 6.45) is 8.29. The molecule has 8 heteroatoms. The lowest BCUT2D eigenvalue weighted by Gasteiger charge is -2.30. The predicted octanol–water partition coefficient (Wildman–Crippen LogP) is 3.67. The van der Waals surface area contributed by atoms with Crippen LogP contribution in [0.2, 0.25) is 0 Å². The van der Waals surface area contributed by atoms with Crippen LogP contribution in [-0.4, -0.2) is 52.2 Å². The molecule has 3 aromatic rings. The van der Waals surface area contributed by atoms with Gasteiger partial charge in [-0.15, -0.1) is 0 Å². The average molecular weight is 411 g/mol. The third kappa shape index (κ3) is 3.96. The van der Waals surface area contributed by atoms with Crippen LogP contribution < -0.4 is 9.64 Å². The van der Waals surface area contributed by atoms with E-state index >= 15 is 0 Å². The van der Waals surface area contributed by atoms with E-state index in [1.54, 1.807) is 4.68 Å². The van der Waals surface area contributed by atoms with E-state index in [0.717, 1.165) is 61.1 Å². The summed E-state index contributed by atoms with van der Waals surface area (Å²) in [4.78, 5) is 11.7. The average Bonchev–Trinajstić information content (AvgIpc) is 3.21. The summed E-state index contributed by atoms with van der Waals surface area (Å²) in [5.74, 6) is 1.25. The summed E-state index contributed by atoms with van der Waals surface area (Å²) < 4.78 is 26.9. The molecule has 0 unspecified atom stereocenters. The molecule has 0 spiro atoms. The van der Waals surface area contributed by atoms with Crippen molar-refractivity contribution in [2.24, 2.45) is 0 Å². The fourth-order valence-electron chi connectivity index (χ4n) is 4.33. The Morgan fingerprint density at radius 2 is 1.90 bits per heavy atom. The minimum absolute atomic E-state index is 0.0813. The SMILES string of the molecule is Cc1cnc2cc(N3CCOCC3)nc(OC3CCC(n4cc(F)cn4)CC3)c2c1. The number of aromatic nitrogens is 4. The van der Waals surface area contributed by atoms with Crippen LogP contribution in [0.4, 0.5) is 10.2 Å². The highest BCUT2D eigenvalue weighted by molar-refractivity contribution is 5.86. The van der Waals surface area contributed by atoms with E-state index in [0.29, 0.717) is 19.1 Å². The fourth-order valence-corrected chi connectivity index (χ4v) is 4.33. The summed E-state index contributed by atoms with van der Waals surface area (Å²) in [7, 11) is 0. The maximum Gasteiger partial charge on any atom is 0.225 e. The van der Waals surface area contributed by atoms with Crippen molar-refractivity contribution in [1.29, 1.82) is 0 Å². The molecule has 1 aliphatic carbocycles. The molecule has 30 heavy (non-hydrogen) atoms. The standard InChI is InChI=1S/C22H26FN5O2/c1-15-10-19-20(24-12-15)11-21(27-6-8-29-9-7-27)26-22(19)30-18-4-2-17(3-5-18)28-14-16(23)13-25-28/h10-14,17-18H,2-9H2,1H3. The molecule has 0 bridgehead atoms. The number of nitrogens with zero attached hydrogens (tertiary/aromatic N) is 5. The third-order valence-electron chi connectivity index (χ3n) is 5.97. The summed E-state index contributed by atoms with van der Waals surface area (Å²) >= 11 is 0. The molecule has 0 amide bonds. The molecule has 0 radical (unpaired) electrons. The van der Waals surface area contributed by atoms with E-state index in [1.807, 2.05) is 19.2 Å². The van der Waals surface area contributed by atoms with E-state index in [4.69, 9.17) is 14.5 Å². The van der Waals surface area contributed by atoms with E-state index in [9.17, 15) is 4.39 Å². The fraction of sp³-hybridized carbons (Fsp3) is 0.500. The van der Waals surface area contributed by atoms with Gasteiger partial charge in [0.1, 0.15) is 11.9 Å². The summed E-state index contributed by atoms with van der Waals surface area (Å²) in [5.41, 5.74) is 1.98. The van der Waals surface area contributed by atoms with Crippen molar-refractivity contribution in [3.8, 4) is 5.88 Å². The smallest absolute Gasteiger partial charge is 0.225 e. The molecule has 1 aliphatic heterocycles. The molecular formula is C22H26FN5O2. The van der Waals surface area contributed by atoms with Crippen LogP contribution in [0.25, 0.3) is 10.9 Å². The lowest BCUT2D eigenvalue weighted by atomic mass is 9.93. The normalized spacial score (nSPS) is 22.4. The summed E-state index contributed by atoms with van der Waals surface area (Å²) in [6.45, 7) is 5.07. The Bertz CT molecular complexity index is 1030. The Hall–Kier alpha value is -2.74. The van der Waals surface area contributed by atoms with Crippen molar-refractivity contribution >= 4 is 16.7 Å². The molecule has 2 aliphatic rings. The maximum absolute atomic E-state index is 13.3. The van der Waals surface area contributed by atoms with Crippen molar-refractivity contribution in [3.05, 3.63) is 42.1 Å². The molecule has 3 aromatic heterocycles. The van der Waals surface area contributed by atoms with Gasteiger partial charge in [0, 0.05) is 25.4 Å². The van der Waals surface area contributed by atoms with Crippen molar-refractivity contribution in [2.45, 2.75) is 44.8 Å².